The molecule has 2 N–H and O–H groups in total. The van der Waals surface area contributed by atoms with E-state index in [0.29, 0.717) is 22.8 Å². The molecule has 2 bridgehead atoms. The second-order valence-corrected chi connectivity index (χ2v) is 9.46. The fraction of sp³-hybridized carbons (Fsp3) is 0.375. The molecule has 0 heterocycles. The van der Waals surface area contributed by atoms with Gasteiger partial charge in [0.2, 0.25) is 5.91 Å². The third-order valence-corrected chi connectivity index (χ3v) is 7.87. The van der Waals surface area contributed by atoms with E-state index in [-0.39, 0.29) is 11.7 Å². The Morgan fingerprint density at radius 1 is 1.03 bits per heavy atom. The molecule has 0 spiro atoms. The zero-order chi connectivity index (χ0) is 21.7. The molecule has 156 valence electrons. The number of nitrogens with one attached hydrogen (secondary N) is 2. The molecule has 4 rings (SSSR count). The topological polar surface area (TPSA) is 70.6 Å². The summed E-state index contributed by atoms with van der Waals surface area (Å²) in [6, 6.07) is 14.9. The van der Waals surface area contributed by atoms with Crippen molar-refractivity contribution in [3.8, 4) is 0 Å². The molecular weight excluding hydrogens is 398 g/mol. The summed E-state index contributed by atoms with van der Waals surface area (Å²) in [5.41, 5.74) is 3.55. The van der Waals surface area contributed by atoms with E-state index in [1.165, 1.54) is 0 Å². The average molecular weight is 424 g/mol. The number of hydrogen-bond acceptors (Lipinski definition) is 4. The number of amides is 1. The first-order valence-corrected chi connectivity index (χ1v) is 10.5. The Bertz CT molecular complexity index is 1060. The Labute approximate surface area is 181 Å². The van der Waals surface area contributed by atoms with Gasteiger partial charge in [0.15, 0.2) is 5.78 Å². The maximum absolute atomic E-state index is 13.6. The number of hydrazone groups is 1. The Kier molecular flexibility index (Phi) is 4.77. The summed E-state index contributed by atoms with van der Waals surface area (Å²) in [7, 11) is 0. The van der Waals surface area contributed by atoms with Crippen LogP contribution in [0, 0.1) is 23.2 Å². The van der Waals surface area contributed by atoms with Crippen LogP contribution in [0.4, 0.5) is 11.4 Å². The van der Waals surface area contributed by atoms with Gasteiger partial charge in [-0.1, -0.05) is 56.6 Å². The van der Waals surface area contributed by atoms with Crippen LogP contribution in [0.1, 0.15) is 39.2 Å². The zero-order valence-corrected chi connectivity index (χ0v) is 18.4. The van der Waals surface area contributed by atoms with E-state index in [1.54, 1.807) is 6.07 Å². The summed E-state index contributed by atoms with van der Waals surface area (Å²) in [6.45, 7) is 7.96. The lowest BCUT2D eigenvalue weighted by molar-refractivity contribution is -0.139. The molecule has 2 aliphatic rings. The average Bonchev–Trinajstić information content (AvgIpc) is 2.99. The number of anilines is 2. The molecule has 0 aromatic heterocycles. The van der Waals surface area contributed by atoms with Crippen LogP contribution < -0.4 is 10.7 Å². The minimum Gasteiger partial charge on any atom is -0.325 e. The van der Waals surface area contributed by atoms with Crippen molar-refractivity contribution < 1.29 is 9.59 Å². The lowest BCUT2D eigenvalue weighted by atomic mass is 9.64. The highest BCUT2D eigenvalue weighted by molar-refractivity contribution is 6.51. The Hall–Kier alpha value is -2.66. The van der Waals surface area contributed by atoms with E-state index in [4.69, 9.17) is 11.6 Å². The smallest absolute Gasteiger partial charge is 0.239 e. The van der Waals surface area contributed by atoms with E-state index < -0.39 is 16.2 Å². The van der Waals surface area contributed by atoms with Crippen molar-refractivity contribution in [3.63, 3.8) is 0 Å². The molecule has 0 radical (unpaired) electrons. The van der Waals surface area contributed by atoms with Gasteiger partial charge in [-0.2, -0.15) is 5.10 Å². The molecule has 2 fully saturated rings. The van der Waals surface area contributed by atoms with Crippen molar-refractivity contribution in [2.75, 3.05) is 10.7 Å². The van der Waals surface area contributed by atoms with Gasteiger partial charge in [-0.05, 0) is 55.0 Å². The fourth-order valence-electron chi connectivity index (χ4n) is 5.01. The van der Waals surface area contributed by atoms with E-state index in [9.17, 15) is 9.59 Å². The van der Waals surface area contributed by atoms with Gasteiger partial charge in [0.1, 0.15) is 11.1 Å². The van der Waals surface area contributed by atoms with Crippen LogP contribution in [0.15, 0.2) is 53.6 Å². The Balaban J connectivity index is 1.69. The molecule has 5 nitrogen and oxygen atoms in total. The van der Waals surface area contributed by atoms with E-state index in [1.807, 2.05) is 70.2 Å². The van der Waals surface area contributed by atoms with Gasteiger partial charge in [-0.15, -0.1) is 0 Å². The number of ketones is 1. The lowest BCUT2D eigenvalue weighted by Crippen LogP contribution is -2.47. The van der Waals surface area contributed by atoms with Crippen molar-refractivity contribution in [1.29, 1.82) is 0 Å². The normalized spacial score (nSPS) is 28.0. The standard InChI is InChI=1S/C24H26ClN3O2/c1-15-10-11-17(14-18(15)25)26-21(30)24-13-12-23(4,22(24,2)3)19(20(24)29)28-27-16-8-6-5-7-9-16/h5-11,14,27H,12-13H2,1-4H3,(H,26,30). The van der Waals surface area contributed by atoms with Crippen molar-refractivity contribution in [1.82, 2.24) is 0 Å². The number of fused-ring (bicyclic) bond motifs is 2. The highest BCUT2D eigenvalue weighted by Crippen LogP contribution is 2.69. The fourth-order valence-corrected chi connectivity index (χ4v) is 5.19. The molecule has 2 atom stereocenters. The molecule has 2 saturated carbocycles. The van der Waals surface area contributed by atoms with Crippen molar-refractivity contribution in [2.45, 2.75) is 40.5 Å². The highest BCUT2D eigenvalue weighted by Gasteiger charge is 2.76. The minimum atomic E-state index is -1.16. The van der Waals surface area contributed by atoms with Gasteiger partial charge in [-0.25, -0.2) is 0 Å². The Morgan fingerprint density at radius 2 is 1.73 bits per heavy atom. The Morgan fingerprint density at radius 3 is 2.40 bits per heavy atom. The van der Waals surface area contributed by atoms with Crippen LogP contribution in [-0.2, 0) is 9.59 Å². The van der Waals surface area contributed by atoms with Crippen LogP contribution in [0.2, 0.25) is 5.02 Å². The molecular formula is C24H26ClN3O2. The van der Waals surface area contributed by atoms with E-state index in [0.717, 1.165) is 17.7 Å². The highest BCUT2D eigenvalue weighted by atomic mass is 35.5. The molecule has 0 aliphatic heterocycles. The van der Waals surface area contributed by atoms with Gasteiger partial charge >= 0.3 is 0 Å². The predicted molar refractivity (Wildman–Crippen MR) is 121 cm³/mol. The molecule has 2 aromatic carbocycles. The van der Waals surface area contributed by atoms with E-state index in [2.05, 4.69) is 15.8 Å². The summed E-state index contributed by atoms with van der Waals surface area (Å²) >= 11 is 6.22. The number of Topliss-reactive ketones (excluding diaryl/α,β-unsaturated/α-hetero) is 1. The number of nitrogens with zero attached hydrogens (tertiary/aromatic N) is 1. The summed E-state index contributed by atoms with van der Waals surface area (Å²) in [4.78, 5) is 27.2. The number of carbonyl (C=O) groups is 2. The maximum atomic E-state index is 13.6. The number of benzene rings is 2. The largest absolute Gasteiger partial charge is 0.325 e. The van der Waals surface area contributed by atoms with Crippen LogP contribution in [0.5, 0.6) is 0 Å². The number of aryl methyl sites for hydroxylation is 1. The molecule has 2 aromatic rings. The third kappa shape index (κ3) is 2.72. The first kappa shape index (κ1) is 20.6. The van der Waals surface area contributed by atoms with Gasteiger partial charge in [0.25, 0.3) is 0 Å². The van der Waals surface area contributed by atoms with Crippen molar-refractivity contribution in [2.24, 2.45) is 21.3 Å². The first-order valence-electron chi connectivity index (χ1n) is 10.2. The quantitative estimate of drug-likeness (QED) is 0.507. The van der Waals surface area contributed by atoms with Crippen LogP contribution in [0.3, 0.4) is 0 Å². The monoisotopic (exact) mass is 423 g/mol. The van der Waals surface area contributed by atoms with Gasteiger partial charge < -0.3 is 5.32 Å². The van der Waals surface area contributed by atoms with Crippen LogP contribution in [-0.4, -0.2) is 17.4 Å². The van der Waals surface area contributed by atoms with Gasteiger partial charge in [0.05, 0.1) is 5.69 Å². The van der Waals surface area contributed by atoms with Crippen molar-refractivity contribution >= 4 is 40.4 Å². The predicted octanol–water partition coefficient (Wildman–Crippen LogP) is 5.45. The molecule has 2 unspecified atom stereocenters. The number of rotatable bonds is 4. The van der Waals surface area contributed by atoms with Crippen LogP contribution in [0.25, 0.3) is 0 Å². The number of para-hydroxylation sites is 1. The number of carbonyl (C=O) groups excluding carboxylic acids is 2. The number of hydrogen-bond donors (Lipinski definition) is 2. The molecule has 6 heteroatoms. The second kappa shape index (κ2) is 6.95. The summed E-state index contributed by atoms with van der Waals surface area (Å²) in [5, 5.41) is 8.03. The summed E-state index contributed by atoms with van der Waals surface area (Å²) < 4.78 is 0. The SMILES string of the molecule is Cc1ccc(NC(=O)C23CCC(C)(C(=NNc4ccccc4)C2=O)C3(C)C)cc1Cl. The third-order valence-electron chi connectivity index (χ3n) is 7.46. The minimum absolute atomic E-state index is 0.194. The van der Waals surface area contributed by atoms with E-state index >= 15 is 0 Å². The summed E-state index contributed by atoms with van der Waals surface area (Å²) in [5.74, 6) is -0.480. The second-order valence-electron chi connectivity index (χ2n) is 9.05. The molecule has 0 saturated heterocycles. The first-order chi connectivity index (χ1) is 14.1. The van der Waals surface area contributed by atoms with Crippen LogP contribution >= 0.6 is 11.6 Å². The van der Waals surface area contributed by atoms with Gasteiger partial charge in [0, 0.05) is 16.1 Å². The molecule has 30 heavy (non-hydrogen) atoms. The zero-order valence-electron chi connectivity index (χ0n) is 17.7. The molecule has 2 aliphatic carbocycles. The summed E-state index contributed by atoms with van der Waals surface area (Å²) in [6.07, 6.45) is 1.23. The van der Waals surface area contributed by atoms with Crippen molar-refractivity contribution in [3.05, 3.63) is 59.1 Å². The van der Waals surface area contributed by atoms with Gasteiger partial charge in [-0.3, -0.25) is 15.0 Å². The lowest BCUT2D eigenvalue weighted by Gasteiger charge is -2.37. The maximum Gasteiger partial charge on any atom is 0.239 e. The number of halogens is 1. The molecule has 1 amide bonds.